The number of nitrogens with one attached hydrogen (secondary N) is 1. The maximum atomic E-state index is 11.9. The number of hydrogen-bond acceptors (Lipinski definition) is 7. The van der Waals surface area contributed by atoms with Crippen molar-refractivity contribution in [1.82, 2.24) is 0 Å². The van der Waals surface area contributed by atoms with Crippen molar-refractivity contribution in [3.05, 3.63) is 54.1 Å². The van der Waals surface area contributed by atoms with E-state index in [0.29, 0.717) is 29.4 Å². The molecule has 1 amide bonds. The zero-order valence-electron chi connectivity index (χ0n) is 16.3. The molecule has 8 nitrogen and oxygen atoms in total. The molecule has 0 unspecified atom stereocenters. The summed E-state index contributed by atoms with van der Waals surface area (Å²) in [6.07, 6.45) is 0.740. The summed E-state index contributed by atoms with van der Waals surface area (Å²) in [5, 5.41) is 2.57. The molecule has 0 atom stereocenters. The molecule has 0 saturated heterocycles. The van der Waals surface area contributed by atoms with Crippen LogP contribution in [0.25, 0.3) is 0 Å². The summed E-state index contributed by atoms with van der Waals surface area (Å²) in [6, 6.07) is 12.9. The summed E-state index contributed by atoms with van der Waals surface area (Å²) in [6.45, 7) is 1.48. The lowest BCUT2D eigenvalue weighted by molar-refractivity contribution is -0.149. The van der Waals surface area contributed by atoms with E-state index in [2.05, 4.69) is 5.32 Å². The fourth-order valence-electron chi connectivity index (χ4n) is 2.17. The number of carbonyl (C=O) groups excluding carboxylic acids is 3. The normalized spacial score (nSPS) is 10.0. The zero-order valence-corrected chi connectivity index (χ0v) is 16.3. The van der Waals surface area contributed by atoms with Crippen LogP contribution < -0.4 is 14.8 Å². The third-order valence-electron chi connectivity index (χ3n) is 3.62. The van der Waals surface area contributed by atoms with Crippen LogP contribution in [0.3, 0.4) is 0 Å². The highest BCUT2D eigenvalue weighted by Crippen LogP contribution is 2.17. The van der Waals surface area contributed by atoms with Crippen LogP contribution in [-0.4, -0.2) is 44.8 Å². The first-order valence-corrected chi connectivity index (χ1v) is 9.01. The SMILES string of the molecule is CCCOC(=O)c1ccc(NC(=O)COC(=O)COc2ccc(OC)cc2)cc1. The van der Waals surface area contributed by atoms with Crippen molar-refractivity contribution in [1.29, 1.82) is 0 Å². The molecule has 2 aromatic rings. The van der Waals surface area contributed by atoms with E-state index in [1.54, 1.807) is 55.6 Å². The van der Waals surface area contributed by atoms with Crippen molar-refractivity contribution in [2.24, 2.45) is 0 Å². The van der Waals surface area contributed by atoms with E-state index in [1.165, 1.54) is 0 Å². The lowest BCUT2D eigenvalue weighted by Crippen LogP contribution is -2.23. The van der Waals surface area contributed by atoms with Crippen molar-refractivity contribution in [2.75, 3.05) is 32.2 Å². The third kappa shape index (κ3) is 7.53. The van der Waals surface area contributed by atoms with E-state index in [4.69, 9.17) is 18.9 Å². The zero-order chi connectivity index (χ0) is 21.1. The molecule has 0 aliphatic heterocycles. The number of carbonyl (C=O) groups is 3. The minimum Gasteiger partial charge on any atom is -0.497 e. The van der Waals surface area contributed by atoms with Gasteiger partial charge in [-0.1, -0.05) is 6.92 Å². The van der Waals surface area contributed by atoms with Crippen LogP contribution in [0.15, 0.2) is 48.5 Å². The molecule has 0 heterocycles. The average Bonchev–Trinajstić information content (AvgIpc) is 2.75. The van der Waals surface area contributed by atoms with Crippen LogP contribution in [0, 0.1) is 0 Å². The lowest BCUT2D eigenvalue weighted by atomic mass is 10.2. The van der Waals surface area contributed by atoms with Crippen LogP contribution >= 0.6 is 0 Å². The fourth-order valence-corrected chi connectivity index (χ4v) is 2.17. The second kappa shape index (κ2) is 11.3. The quantitative estimate of drug-likeness (QED) is 0.611. The Morgan fingerprint density at radius 3 is 2.14 bits per heavy atom. The number of amides is 1. The van der Waals surface area contributed by atoms with E-state index < -0.39 is 24.5 Å². The first-order valence-electron chi connectivity index (χ1n) is 9.01. The van der Waals surface area contributed by atoms with Crippen molar-refractivity contribution in [2.45, 2.75) is 13.3 Å². The Bertz CT molecular complexity index is 816. The van der Waals surface area contributed by atoms with E-state index in [9.17, 15) is 14.4 Å². The number of rotatable bonds is 10. The van der Waals surface area contributed by atoms with Gasteiger partial charge in [-0.3, -0.25) is 4.79 Å². The molecule has 1 N–H and O–H groups in total. The molecule has 0 bridgehead atoms. The van der Waals surface area contributed by atoms with Gasteiger partial charge in [0, 0.05) is 5.69 Å². The average molecular weight is 401 g/mol. The Hall–Kier alpha value is -3.55. The summed E-state index contributed by atoms with van der Waals surface area (Å²) >= 11 is 0. The summed E-state index contributed by atoms with van der Waals surface area (Å²) in [5.74, 6) is -0.461. The number of hydrogen-bond donors (Lipinski definition) is 1. The highest BCUT2D eigenvalue weighted by atomic mass is 16.6. The predicted molar refractivity (Wildman–Crippen MR) is 105 cm³/mol. The Morgan fingerprint density at radius 1 is 0.862 bits per heavy atom. The van der Waals surface area contributed by atoms with Crippen molar-refractivity contribution in [3.63, 3.8) is 0 Å². The summed E-state index contributed by atoms with van der Waals surface area (Å²) in [4.78, 5) is 35.3. The van der Waals surface area contributed by atoms with Gasteiger partial charge in [0.25, 0.3) is 5.91 Å². The van der Waals surface area contributed by atoms with Crippen molar-refractivity contribution >= 4 is 23.5 Å². The number of methoxy groups -OCH3 is 1. The summed E-state index contributed by atoms with van der Waals surface area (Å²) in [5.41, 5.74) is 0.853. The molecule has 29 heavy (non-hydrogen) atoms. The van der Waals surface area contributed by atoms with Crippen LogP contribution in [0.2, 0.25) is 0 Å². The molecule has 2 aromatic carbocycles. The fraction of sp³-hybridized carbons (Fsp3) is 0.286. The standard InChI is InChI=1S/C21H23NO7/c1-3-12-27-21(25)15-4-6-16(7-5-15)22-19(23)13-29-20(24)14-28-18-10-8-17(26-2)9-11-18/h4-11H,3,12-14H2,1-2H3,(H,22,23). The summed E-state index contributed by atoms with van der Waals surface area (Å²) < 4.78 is 20.2. The molecular weight excluding hydrogens is 378 g/mol. The number of ether oxygens (including phenoxy) is 4. The smallest absolute Gasteiger partial charge is 0.344 e. The van der Waals surface area contributed by atoms with Crippen LogP contribution in [0.1, 0.15) is 23.7 Å². The van der Waals surface area contributed by atoms with Gasteiger partial charge in [0.1, 0.15) is 11.5 Å². The number of benzene rings is 2. The predicted octanol–water partition coefficient (Wildman–Crippen LogP) is 2.82. The maximum Gasteiger partial charge on any atom is 0.344 e. The Labute approximate surface area is 168 Å². The van der Waals surface area contributed by atoms with E-state index in [1.807, 2.05) is 6.92 Å². The highest BCUT2D eigenvalue weighted by molar-refractivity contribution is 5.94. The molecule has 0 saturated carbocycles. The monoisotopic (exact) mass is 401 g/mol. The van der Waals surface area contributed by atoms with Crippen molar-refractivity contribution < 1.29 is 33.3 Å². The Balaban J connectivity index is 1.71. The molecule has 8 heteroatoms. The van der Waals surface area contributed by atoms with E-state index >= 15 is 0 Å². The van der Waals surface area contributed by atoms with Gasteiger partial charge in [-0.25, -0.2) is 9.59 Å². The highest BCUT2D eigenvalue weighted by Gasteiger charge is 2.10. The molecule has 0 fully saturated rings. The molecule has 2 rings (SSSR count). The minimum absolute atomic E-state index is 0.325. The van der Waals surface area contributed by atoms with E-state index in [-0.39, 0.29) is 6.61 Å². The van der Waals surface area contributed by atoms with Crippen molar-refractivity contribution in [3.8, 4) is 11.5 Å². The minimum atomic E-state index is -0.676. The van der Waals surface area contributed by atoms with Gasteiger partial charge in [-0.2, -0.15) is 0 Å². The Morgan fingerprint density at radius 2 is 1.52 bits per heavy atom. The molecule has 0 spiro atoms. The molecule has 0 radical (unpaired) electrons. The lowest BCUT2D eigenvalue weighted by Gasteiger charge is -2.09. The Kier molecular flexibility index (Phi) is 8.50. The van der Waals surface area contributed by atoms with Gasteiger partial charge in [0.2, 0.25) is 0 Å². The van der Waals surface area contributed by atoms with Gasteiger partial charge >= 0.3 is 11.9 Å². The van der Waals surface area contributed by atoms with Gasteiger partial charge < -0.3 is 24.3 Å². The topological polar surface area (TPSA) is 100 Å². The van der Waals surface area contributed by atoms with E-state index in [0.717, 1.165) is 6.42 Å². The number of esters is 2. The number of anilines is 1. The molecular formula is C21H23NO7. The third-order valence-corrected chi connectivity index (χ3v) is 3.62. The molecule has 0 aliphatic rings. The van der Waals surface area contributed by atoms with Gasteiger partial charge in [-0.15, -0.1) is 0 Å². The first kappa shape index (κ1) is 21.7. The molecule has 0 aromatic heterocycles. The second-order valence-corrected chi connectivity index (χ2v) is 5.89. The molecule has 0 aliphatic carbocycles. The van der Waals surface area contributed by atoms with Gasteiger partial charge in [0.15, 0.2) is 13.2 Å². The molecule has 154 valence electrons. The van der Waals surface area contributed by atoms with Crippen LogP contribution in [-0.2, 0) is 19.1 Å². The largest absolute Gasteiger partial charge is 0.497 e. The summed E-state index contributed by atoms with van der Waals surface area (Å²) in [7, 11) is 1.55. The maximum absolute atomic E-state index is 11.9. The second-order valence-electron chi connectivity index (χ2n) is 5.89. The van der Waals surface area contributed by atoms with Crippen LogP contribution in [0.5, 0.6) is 11.5 Å². The van der Waals surface area contributed by atoms with Gasteiger partial charge in [-0.05, 0) is 55.0 Å². The van der Waals surface area contributed by atoms with Gasteiger partial charge in [0.05, 0.1) is 19.3 Å². The van der Waals surface area contributed by atoms with Crippen LogP contribution in [0.4, 0.5) is 5.69 Å². The first-order chi connectivity index (χ1) is 14.0.